The Morgan fingerprint density at radius 1 is 1.08 bits per heavy atom. The number of hydrogen-bond acceptors (Lipinski definition) is 3. The van der Waals surface area contributed by atoms with Gasteiger partial charge in [0.25, 0.3) is 0 Å². The number of benzene rings is 2. The van der Waals surface area contributed by atoms with Gasteiger partial charge in [-0.05, 0) is 37.5 Å². The van der Waals surface area contributed by atoms with Gasteiger partial charge in [0.2, 0.25) is 0 Å². The molecule has 2 aliphatic heterocycles. The summed E-state index contributed by atoms with van der Waals surface area (Å²) in [6, 6.07) is 14.0. The number of carbonyl (C=O) groups excluding carboxylic acids is 1. The van der Waals surface area contributed by atoms with E-state index in [9.17, 15) is 4.79 Å². The largest absolute Gasteiger partial charge is 0.486 e. The predicted molar refractivity (Wildman–Crippen MR) is 96.3 cm³/mol. The number of anilines is 1. The van der Waals surface area contributed by atoms with Crippen LogP contribution in [0.5, 0.6) is 11.5 Å². The second kappa shape index (κ2) is 6.67. The minimum absolute atomic E-state index is 0.0697. The fourth-order valence-electron chi connectivity index (χ4n) is 3.46. The van der Waals surface area contributed by atoms with Crippen LogP contribution in [0.25, 0.3) is 0 Å². The summed E-state index contributed by atoms with van der Waals surface area (Å²) in [7, 11) is 0. The van der Waals surface area contributed by atoms with Crippen molar-refractivity contribution in [2.45, 2.75) is 25.8 Å². The van der Waals surface area contributed by atoms with E-state index in [0.717, 1.165) is 30.8 Å². The summed E-state index contributed by atoms with van der Waals surface area (Å²) in [5, 5.41) is 3.00. The lowest BCUT2D eigenvalue weighted by Gasteiger charge is -2.26. The van der Waals surface area contributed by atoms with Crippen LogP contribution in [0, 0.1) is 6.92 Å². The highest BCUT2D eigenvalue weighted by Gasteiger charge is 2.30. The minimum atomic E-state index is -0.0697. The molecule has 1 saturated heterocycles. The van der Waals surface area contributed by atoms with E-state index < -0.39 is 0 Å². The monoisotopic (exact) mass is 338 g/mol. The molecule has 2 aliphatic rings. The molecule has 0 spiro atoms. The Balaban J connectivity index is 1.49. The van der Waals surface area contributed by atoms with Crippen molar-refractivity contribution in [3.8, 4) is 11.5 Å². The molecule has 1 atom stereocenters. The smallest absolute Gasteiger partial charge is 0.322 e. The summed E-state index contributed by atoms with van der Waals surface area (Å²) in [6.45, 7) is 3.94. The first-order valence-corrected chi connectivity index (χ1v) is 8.74. The van der Waals surface area contributed by atoms with Crippen molar-refractivity contribution in [2.24, 2.45) is 0 Å². The van der Waals surface area contributed by atoms with Crippen LogP contribution in [0.3, 0.4) is 0 Å². The Bertz CT molecular complexity index is 773. The van der Waals surface area contributed by atoms with Crippen molar-refractivity contribution in [1.29, 1.82) is 0 Å². The molecule has 1 N–H and O–H groups in total. The molecule has 4 rings (SSSR count). The molecule has 0 aromatic heterocycles. The number of nitrogens with zero attached hydrogens (tertiary/aromatic N) is 1. The Hall–Kier alpha value is -2.69. The van der Waals surface area contributed by atoms with Crippen LogP contribution >= 0.6 is 0 Å². The van der Waals surface area contributed by atoms with E-state index in [4.69, 9.17) is 9.47 Å². The number of carbonyl (C=O) groups is 1. The van der Waals surface area contributed by atoms with Crippen LogP contribution in [0.1, 0.15) is 30.0 Å². The van der Waals surface area contributed by atoms with Crippen molar-refractivity contribution in [3.05, 3.63) is 53.6 Å². The summed E-state index contributed by atoms with van der Waals surface area (Å²) in [5.41, 5.74) is 3.15. The van der Waals surface area contributed by atoms with E-state index in [1.54, 1.807) is 0 Å². The first-order chi connectivity index (χ1) is 12.2. The van der Waals surface area contributed by atoms with Crippen LogP contribution in [-0.2, 0) is 0 Å². The first kappa shape index (κ1) is 15.8. The van der Waals surface area contributed by atoms with Crippen LogP contribution < -0.4 is 14.8 Å². The van der Waals surface area contributed by atoms with Gasteiger partial charge in [0.05, 0.1) is 6.04 Å². The molecule has 130 valence electrons. The molecular formula is C20H22N2O3. The summed E-state index contributed by atoms with van der Waals surface area (Å²) < 4.78 is 11.1. The Morgan fingerprint density at radius 3 is 2.64 bits per heavy atom. The molecule has 2 aromatic rings. The Morgan fingerprint density at radius 2 is 1.84 bits per heavy atom. The number of ether oxygens (including phenoxy) is 2. The third kappa shape index (κ3) is 3.27. The molecule has 1 fully saturated rings. The maximum atomic E-state index is 12.8. The van der Waals surface area contributed by atoms with E-state index >= 15 is 0 Å². The number of likely N-dealkylation sites (tertiary alicyclic amines) is 1. The van der Waals surface area contributed by atoms with Gasteiger partial charge < -0.3 is 19.7 Å². The van der Waals surface area contributed by atoms with Gasteiger partial charge in [0.15, 0.2) is 11.5 Å². The second-order valence-corrected chi connectivity index (χ2v) is 6.55. The second-order valence-electron chi connectivity index (χ2n) is 6.55. The highest BCUT2D eigenvalue weighted by atomic mass is 16.6. The maximum absolute atomic E-state index is 12.8. The number of fused-ring (bicyclic) bond motifs is 1. The maximum Gasteiger partial charge on any atom is 0.322 e. The summed E-state index contributed by atoms with van der Waals surface area (Å²) in [4.78, 5) is 14.7. The fourth-order valence-corrected chi connectivity index (χ4v) is 3.46. The molecule has 0 aliphatic carbocycles. The van der Waals surface area contributed by atoms with Crippen LogP contribution in [0.2, 0.25) is 0 Å². The zero-order chi connectivity index (χ0) is 17.2. The van der Waals surface area contributed by atoms with E-state index in [2.05, 4.69) is 36.5 Å². The Labute approximate surface area is 147 Å². The molecule has 2 aromatic carbocycles. The Kier molecular flexibility index (Phi) is 4.22. The molecule has 0 bridgehead atoms. The standard InChI is InChI=1S/C20H22N2O3/c1-14-4-6-15(7-5-14)17-3-2-10-22(17)20(23)21-16-8-9-18-19(13-16)25-12-11-24-18/h4-9,13,17H,2-3,10-12H2,1H3,(H,21,23)/t17-/m0/s1. The van der Waals surface area contributed by atoms with Gasteiger partial charge in [-0.25, -0.2) is 4.79 Å². The van der Waals surface area contributed by atoms with Gasteiger partial charge in [0, 0.05) is 18.3 Å². The average molecular weight is 338 g/mol. The zero-order valence-corrected chi connectivity index (χ0v) is 14.3. The zero-order valence-electron chi connectivity index (χ0n) is 14.3. The van der Waals surface area contributed by atoms with Gasteiger partial charge >= 0.3 is 6.03 Å². The molecule has 0 unspecified atom stereocenters. The van der Waals surface area contributed by atoms with Crippen molar-refractivity contribution < 1.29 is 14.3 Å². The highest BCUT2D eigenvalue weighted by molar-refractivity contribution is 5.90. The normalized spacial score (nSPS) is 18.9. The molecule has 2 amide bonds. The van der Waals surface area contributed by atoms with Gasteiger partial charge in [-0.2, -0.15) is 0 Å². The molecular weight excluding hydrogens is 316 g/mol. The van der Waals surface area contributed by atoms with Gasteiger partial charge in [-0.15, -0.1) is 0 Å². The summed E-state index contributed by atoms with van der Waals surface area (Å²) in [6.07, 6.45) is 2.02. The highest BCUT2D eigenvalue weighted by Crippen LogP contribution is 2.35. The molecule has 5 nitrogen and oxygen atoms in total. The van der Waals surface area contributed by atoms with E-state index in [0.29, 0.717) is 19.0 Å². The molecule has 2 heterocycles. The third-order valence-electron chi connectivity index (χ3n) is 4.77. The molecule has 25 heavy (non-hydrogen) atoms. The predicted octanol–water partition coefficient (Wildman–Crippen LogP) is 4.14. The van der Waals surface area contributed by atoms with Crippen molar-refractivity contribution in [2.75, 3.05) is 25.1 Å². The lowest BCUT2D eigenvalue weighted by Crippen LogP contribution is -2.34. The van der Waals surface area contributed by atoms with Gasteiger partial charge in [-0.1, -0.05) is 29.8 Å². The van der Waals surface area contributed by atoms with Crippen molar-refractivity contribution in [1.82, 2.24) is 4.90 Å². The molecule has 0 saturated carbocycles. The van der Waals surface area contributed by atoms with E-state index in [1.807, 2.05) is 23.1 Å². The summed E-state index contributed by atoms with van der Waals surface area (Å²) >= 11 is 0. The van der Waals surface area contributed by atoms with E-state index in [1.165, 1.54) is 11.1 Å². The van der Waals surface area contributed by atoms with Crippen LogP contribution in [0.4, 0.5) is 10.5 Å². The number of hydrogen-bond donors (Lipinski definition) is 1. The van der Waals surface area contributed by atoms with Crippen LogP contribution in [-0.4, -0.2) is 30.7 Å². The topological polar surface area (TPSA) is 50.8 Å². The average Bonchev–Trinajstić information content (AvgIpc) is 3.12. The van der Waals surface area contributed by atoms with Crippen molar-refractivity contribution >= 4 is 11.7 Å². The van der Waals surface area contributed by atoms with Gasteiger partial charge in [-0.3, -0.25) is 0 Å². The number of nitrogens with one attached hydrogen (secondary N) is 1. The number of aryl methyl sites for hydroxylation is 1. The number of urea groups is 1. The lowest BCUT2D eigenvalue weighted by molar-refractivity contribution is 0.171. The van der Waals surface area contributed by atoms with Crippen molar-refractivity contribution in [3.63, 3.8) is 0 Å². The lowest BCUT2D eigenvalue weighted by atomic mass is 10.0. The number of rotatable bonds is 2. The quantitative estimate of drug-likeness (QED) is 0.895. The third-order valence-corrected chi connectivity index (χ3v) is 4.77. The van der Waals surface area contributed by atoms with E-state index in [-0.39, 0.29) is 12.1 Å². The minimum Gasteiger partial charge on any atom is -0.486 e. The van der Waals surface area contributed by atoms with Gasteiger partial charge in [0.1, 0.15) is 13.2 Å². The number of amides is 2. The molecule has 0 radical (unpaired) electrons. The molecule has 5 heteroatoms. The van der Waals surface area contributed by atoms with Crippen LogP contribution in [0.15, 0.2) is 42.5 Å². The first-order valence-electron chi connectivity index (χ1n) is 8.74. The SMILES string of the molecule is Cc1ccc([C@@H]2CCCN2C(=O)Nc2ccc3c(c2)OCCO3)cc1. The summed E-state index contributed by atoms with van der Waals surface area (Å²) in [5.74, 6) is 1.41. The fraction of sp³-hybridized carbons (Fsp3) is 0.350.